The molecule has 9 heteroatoms. The number of amides is 1. The van der Waals surface area contributed by atoms with Gasteiger partial charge in [-0.3, -0.25) is 14.5 Å². The molecule has 118 valence electrons. The first kappa shape index (κ1) is 15.8. The second-order valence-corrected chi connectivity index (χ2v) is 4.53. The summed E-state index contributed by atoms with van der Waals surface area (Å²) in [6, 6.07) is 0.764. The van der Waals surface area contributed by atoms with Crippen LogP contribution in [0.25, 0.3) is 0 Å². The fraction of sp³-hybridized carbons (Fsp3) is 0.308. The van der Waals surface area contributed by atoms with Crippen molar-refractivity contribution in [3.8, 4) is 5.88 Å². The van der Waals surface area contributed by atoms with Gasteiger partial charge in [-0.05, 0) is 13.0 Å². The number of nitrogens with zero attached hydrogens (tertiary/aromatic N) is 3. The number of alkyl halides is 3. The van der Waals surface area contributed by atoms with Gasteiger partial charge in [0.05, 0.1) is 30.1 Å². The molecule has 0 aromatic carbocycles. The van der Waals surface area contributed by atoms with E-state index in [0.29, 0.717) is 6.20 Å². The molecule has 0 saturated heterocycles. The monoisotopic (exact) mass is 314 g/mol. The van der Waals surface area contributed by atoms with E-state index < -0.39 is 17.6 Å². The zero-order valence-electron chi connectivity index (χ0n) is 12.0. The van der Waals surface area contributed by atoms with Crippen molar-refractivity contribution in [2.24, 2.45) is 7.05 Å². The summed E-state index contributed by atoms with van der Waals surface area (Å²) in [6.07, 6.45) is -2.40. The average Bonchev–Trinajstić information content (AvgIpc) is 2.77. The summed E-state index contributed by atoms with van der Waals surface area (Å²) in [6.45, 7) is 1.45. The lowest BCUT2D eigenvalue weighted by molar-refractivity contribution is -0.137. The molecule has 0 radical (unpaired) electrons. The fourth-order valence-corrected chi connectivity index (χ4v) is 1.81. The van der Waals surface area contributed by atoms with Crippen molar-refractivity contribution in [1.82, 2.24) is 14.8 Å². The number of carbonyl (C=O) groups excluding carboxylic acids is 1. The average molecular weight is 314 g/mol. The first-order valence-electron chi connectivity index (χ1n) is 6.15. The Balaban J connectivity index is 2.33. The van der Waals surface area contributed by atoms with E-state index in [9.17, 15) is 18.0 Å². The van der Waals surface area contributed by atoms with Crippen LogP contribution in [-0.2, 0) is 13.2 Å². The molecule has 0 spiro atoms. The van der Waals surface area contributed by atoms with Crippen LogP contribution in [0.2, 0.25) is 0 Å². The second kappa shape index (κ2) is 5.66. The highest BCUT2D eigenvalue weighted by Gasteiger charge is 2.32. The fourth-order valence-electron chi connectivity index (χ4n) is 1.81. The van der Waals surface area contributed by atoms with Crippen LogP contribution < -0.4 is 10.1 Å². The third-order valence-electron chi connectivity index (χ3n) is 2.90. The lowest BCUT2D eigenvalue weighted by Gasteiger charge is -2.10. The van der Waals surface area contributed by atoms with Gasteiger partial charge >= 0.3 is 6.18 Å². The molecule has 0 unspecified atom stereocenters. The smallest absolute Gasteiger partial charge is 0.417 e. The van der Waals surface area contributed by atoms with Crippen molar-refractivity contribution in [2.45, 2.75) is 13.1 Å². The normalized spacial score (nSPS) is 11.4. The van der Waals surface area contributed by atoms with Gasteiger partial charge in [0.2, 0.25) is 0 Å². The number of aryl methyl sites for hydroxylation is 2. The van der Waals surface area contributed by atoms with Crippen LogP contribution in [0.5, 0.6) is 5.88 Å². The summed E-state index contributed by atoms with van der Waals surface area (Å²) in [5.41, 5.74) is -0.706. The minimum atomic E-state index is -4.57. The number of hydrogen-bond acceptors (Lipinski definition) is 4. The van der Waals surface area contributed by atoms with Crippen molar-refractivity contribution in [1.29, 1.82) is 0 Å². The maximum absolute atomic E-state index is 12.7. The summed E-state index contributed by atoms with van der Waals surface area (Å²) in [5, 5.41) is 6.40. The zero-order chi connectivity index (χ0) is 16.5. The molecular weight excluding hydrogens is 301 g/mol. The lowest BCUT2D eigenvalue weighted by Crippen LogP contribution is -2.16. The molecular formula is C13H13F3N4O2. The number of rotatable bonds is 3. The van der Waals surface area contributed by atoms with Crippen LogP contribution in [0, 0.1) is 6.92 Å². The minimum Gasteiger partial charge on any atom is -0.478 e. The van der Waals surface area contributed by atoms with Crippen molar-refractivity contribution in [3.63, 3.8) is 0 Å². The molecule has 0 aliphatic rings. The van der Waals surface area contributed by atoms with E-state index in [-0.39, 0.29) is 22.8 Å². The van der Waals surface area contributed by atoms with E-state index in [4.69, 9.17) is 4.74 Å². The van der Waals surface area contributed by atoms with Gasteiger partial charge in [0.25, 0.3) is 11.8 Å². The van der Waals surface area contributed by atoms with Crippen LogP contribution in [0.1, 0.15) is 21.6 Å². The van der Waals surface area contributed by atoms with Crippen molar-refractivity contribution in [3.05, 3.63) is 35.3 Å². The Bertz CT molecular complexity index is 710. The van der Waals surface area contributed by atoms with Crippen molar-refractivity contribution in [2.75, 3.05) is 12.4 Å². The van der Waals surface area contributed by atoms with Crippen LogP contribution in [0.4, 0.5) is 18.9 Å². The molecule has 2 aromatic rings. The van der Waals surface area contributed by atoms with Gasteiger partial charge in [-0.25, -0.2) is 0 Å². The molecule has 2 rings (SSSR count). The van der Waals surface area contributed by atoms with E-state index in [0.717, 1.165) is 6.07 Å². The largest absolute Gasteiger partial charge is 0.478 e. The summed E-state index contributed by atoms with van der Waals surface area (Å²) in [7, 11) is 2.99. The first-order valence-corrected chi connectivity index (χ1v) is 6.15. The van der Waals surface area contributed by atoms with Gasteiger partial charge in [-0.15, -0.1) is 5.10 Å². The predicted molar refractivity (Wildman–Crippen MR) is 71.7 cm³/mol. The van der Waals surface area contributed by atoms with Gasteiger partial charge in [0.1, 0.15) is 5.69 Å². The molecule has 0 bridgehead atoms. The van der Waals surface area contributed by atoms with Gasteiger partial charge in [0.15, 0.2) is 0 Å². The number of anilines is 1. The Morgan fingerprint density at radius 1 is 1.41 bits per heavy atom. The second-order valence-electron chi connectivity index (χ2n) is 4.53. The topological polar surface area (TPSA) is 69.0 Å². The van der Waals surface area contributed by atoms with Gasteiger partial charge in [0, 0.05) is 13.2 Å². The third-order valence-corrected chi connectivity index (χ3v) is 2.90. The highest BCUT2D eigenvalue weighted by molar-refractivity contribution is 6.05. The third kappa shape index (κ3) is 3.18. The van der Waals surface area contributed by atoms with E-state index in [2.05, 4.69) is 15.4 Å². The van der Waals surface area contributed by atoms with Crippen LogP contribution in [0.15, 0.2) is 18.5 Å². The molecule has 0 atom stereocenters. The molecule has 0 aliphatic heterocycles. The number of aromatic nitrogens is 3. The molecule has 22 heavy (non-hydrogen) atoms. The number of carbonyl (C=O) groups is 1. The molecule has 1 amide bonds. The van der Waals surface area contributed by atoms with Crippen LogP contribution in [0.3, 0.4) is 0 Å². The molecule has 0 fully saturated rings. The minimum absolute atomic E-state index is 0.161. The number of nitrogens with one attached hydrogen (secondary N) is 1. The van der Waals surface area contributed by atoms with Gasteiger partial charge in [-0.1, -0.05) is 0 Å². The Morgan fingerprint density at radius 3 is 2.68 bits per heavy atom. The molecule has 0 saturated carbocycles. The maximum atomic E-state index is 12.7. The lowest BCUT2D eigenvalue weighted by atomic mass is 10.1. The number of methoxy groups -OCH3 is 1. The molecule has 1 N–H and O–H groups in total. The van der Waals surface area contributed by atoms with E-state index in [1.54, 1.807) is 7.05 Å². The highest BCUT2D eigenvalue weighted by Crippen LogP contribution is 2.30. The first-order chi connectivity index (χ1) is 10.2. The Hall–Kier alpha value is -2.58. The SMILES string of the molecule is COc1nn(C)cc1NC(=O)c1cc(C(F)(F)F)cnc1C. The quantitative estimate of drug-likeness (QED) is 0.944. The highest BCUT2D eigenvalue weighted by atomic mass is 19.4. The summed E-state index contributed by atoms with van der Waals surface area (Å²) in [4.78, 5) is 15.8. The number of halogens is 3. The summed E-state index contributed by atoms with van der Waals surface area (Å²) in [5.74, 6) is -0.559. The van der Waals surface area contributed by atoms with Crippen molar-refractivity contribution < 1.29 is 22.7 Å². The molecule has 0 aliphatic carbocycles. The zero-order valence-corrected chi connectivity index (χ0v) is 12.0. The van der Waals surface area contributed by atoms with Gasteiger partial charge < -0.3 is 10.1 Å². The van der Waals surface area contributed by atoms with Gasteiger partial charge in [-0.2, -0.15) is 13.2 Å². The Morgan fingerprint density at radius 2 is 2.09 bits per heavy atom. The number of ether oxygens (including phenoxy) is 1. The molecule has 2 heterocycles. The maximum Gasteiger partial charge on any atom is 0.417 e. The molecule has 2 aromatic heterocycles. The van der Waals surface area contributed by atoms with Crippen LogP contribution in [-0.4, -0.2) is 27.8 Å². The standard InChI is InChI=1S/C13H13F3N4O2/c1-7-9(4-8(5-17-7)13(14,15)16)11(21)18-10-6-20(2)19-12(10)22-3/h4-6H,1-3H3,(H,18,21). The summed E-state index contributed by atoms with van der Waals surface area (Å²) < 4.78 is 44.5. The predicted octanol–water partition coefficient (Wildman–Crippen LogP) is 2.40. The van der Waals surface area contributed by atoms with E-state index in [1.165, 1.54) is 24.9 Å². The van der Waals surface area contributed by atoms with E-state index >= 15 is 0 Å². The summed E-state index contributed by atoms with van der Waals surface area (Å²) >= 11 is 0. The Labute approximate surface area is 123 Å². The van der Waals surface area contributed by atoms with E-state index in [1.807, 2.05) is 0 Å². The van der Waals surface area contributed by atoms with Crippen LogP contribution >= 0.6 is 0 Å². The molecule has 6 nitrogen and oxygen atoms in total. The Kier molecular flexibility index (Phi) is 4.07. The number of hydrogen-bond donors (Lipinski definition) is 1. The van der Waals surface area contributed by atoms with Crippen molar-refractivity contribution >= 4 is 11.6 Å². The number of pyridine rings is 1.